The van der Waals surface area contributed by atoms with Crippen LogP contribution in [0.2, 0.25) is 0 Å². The standard InChI is InChI=1S/C26H26N4O2/c1-15-11-12-18(13-17(15)3)28-26(32)20-14-27-30-24(19-8-5-4-7-16(19)2)23-21(29-25(20)30)9-6-10-22(23)31/h4-5,7-8,11-14,24,29H,6,9-10H2,1-3H3,(H,28,32)/t24-/m0/s1. The average molecular weight is 427 g/mol. The minimum absolute atomic E-state index is 0.147. The number of amides is 1. The van der Waals surface area contributed by atoms with Gasteiger partial charge in [-0.2, -0.15) is 5.10 Å². The van der Waals surface area contributed by atoms with Crippen LogP contribution >= 0.6 is 0 Å². The number of anilines is 2. The zero-order valence-electron chi connectivity index (χ0n) is 18.5. The van der Waals surface area contributed by atoms with Crippen LogP contribution < -0.4 is 10.6 Å². The summed E-state index contributed by atoms with van der Waals surface area (Å²) in [5, 5.41) is 11.0. The quantitative estimate of drug-likeness (QED) is 0.612. The fraction of sp³-hybridized carbons (Fsp3) is 0.269. The number of nitrogens with one attached hydrogen (secondary N) is 2. The van der Waals surface area contributed by atoms with Gasteiger partial charge in [0, 0.05) is 23.4 Å². The highest BCUT2D eigenvalue weighted by Crippen LogP contribution is 2.42. The minimum Gasteiger partial charge on any atom is -0.343 e. The predicted molar refractivity (Wildman–Crippen MR) is 125 cm³/mol. The maximum Gasteiger partial charge on any atom is 0.261 e. The molecule has 0 unspecified atom stereocenters. The second-order valence-corrected chi connectivity index (χ2v) is 8.66. The van der Waals surface area contributed by atoms with Crippen LogP contribution in [-0.2, 0) is 4.79 Å². The fourth-order valence-corrected chi connectivity index (χ4v) is 4.62. The molecule has 3 aromatic rings. The lowest BCUT2D eigenvalue weighted by Gasteiger charge is -2.34. The molecule has 162 valence electrons. The van der Waals surface area contributed by atoms with Crippen molar-refractivity contribution in [2.24, 2.45) is 0 Å². The Balaban J connectivity index is 1.57. The summed E-state index contributed by atoms with van der Waals surface area (Å²) in [6, 6.07) is 13.6. The third-order valence-electron chi connectivity index (χ3n) is 6.53. The molecule has 0 bridgehead atoms. The summed E-state index contributed by atoms with van der Waals surface area (Å²) in [6.07, 6.45) is 3.73. The number of hydrogen-bond donors (Lipinski definition) is 2. The van der Waals surface area contributed by atoms with Crippen molar-refractivity contribution >= 4 is 23.2 Å². The average Bonchev–Trinajstić information content (AvgIpc) is 3.19. The van der Waals surface area contributed by atoms with Gasteiger partial charge in [-0.25, -0.2) is 4.68 Å². The first-order chi connectivity index (χ1) is 15.4. The molecule has 6 heteroatoms. The van der Waals surface area contributed by atoms with Gasteiger partial charge >= 0.3 is 0 Å². The first-order valence-corrected chi connectivity index (χ1v) is 11.0. The molecular formula is C26H26N4O2. The van der Waals surface area contributed by atoms with E-state index in [-0.39, 0.29) is 17.7 Å². The van der Waals surface area contributed by atoms with E-state index in [0.717, 1.165) is 46.5 Å². The van der Waals surface area contributed by atoms with Crippen LogP contribution in [0.5, 0.6) is 0 Å². The van der Waals surface area contributed by atoms with Crippen molar-refractivity contribution in [3.63, 3.8) is 0 Å². The Labute approximate surface area is 187 Å². The Hall–Kier alpha value is -3.67. The first-order valence-electron chi connectivity index (χ1n) is 11.0. The molecule has 2 N–H and O–H groups in total. The minimum atomic E-state index is -0.335. The summed E-state index contributed by atoms with van der Waals surface area (Å²) in [7, 11) is 0. The van der Waals surface area contributed by atoms with Crippen molar-refractivity contribution in [1.29, 1.82) is 0 Å². The van der Waals surface area contributed by atoms with Gasteiger partial charge in [-0.1, -0.05) is 30.3 Å². The van der Waals surface area contributed by atoms with Gasteiger partial charge < -0.3 is 10.6 Å². The number of benzene rings is 2. The normalized spacial score (nSPS) is 17.5. The molecule has 1 aliphatic heterocycles. The Morgan fingerprint density at radius 2 is 1.88 bits per heavy atom. The fourth-order valence-electron chi connectivity index (χ4n) is 4.62. The van der Waals surface area contributed by atoms with E-state index < -0.39 is 0 Å². The highest BCUT2D eigenvalue weighted by Gasteiger charge is 2.38. The summed E-state index contributed by atoms with van der Waals surface area (Å²) in [5.41, 5.74) is 7.30. The molecule has 0 spiro atoms. The van der Waals surface area contributed by atoms with E-state index in [4.69, 9.17) is 0 Å². The van der Waals surface area contributed by atoms with Crippen LogP contribution in [0.15, 0.2) is 59.9 Å². The maximum atomic E-state index is 13.2. The number of hydrogen-bond acceptors (Lipinski definition) is 4. The van der Waals surface area contributed by atoms with Gasteiger partial charge in [-0.3, -0.25) is 9.59 Å². The highest BCUT2D eigenvalue weighted by molar-refractivity contribution is 6.08. The van der Waals surface area contributed by atoms with E-state index in [0.29, 0.717) is 17.8 Å². The molecule has 2 aliphatic rings. The molecular weight excluding hydrogens is 400 g/mol. The van der Waals surface area contributed by atoms with Crippen molar-refractivity contribution in [3.8, 4) is 0 Å². The summed E-state index contributed by atoms with van der Waals surface area (Å²) in [5.74, 6) is 0.555. The van der Waals surface area contributed by atoms with Crippen LogP contribution in [0.3, 0.4) is 0 Å². The molecule has 2 heterocycles. The zero-order chi connectivity index (χ0) is 22.4. The van der Waals surface area contributed by atoms with Gasteiger partial charge in [0.15, 0.2) is 5.78 Å². The summed E-state index contributed by atoms with van der Waals surface area (Å²) in [6.45, 7) is 6.11. The number of allylic oxidation sites excluding steroid dienone is 2. The lowest BCUT2D eigenvalue weighted by molar-refractivity contribution is -0.116. The number of aromatic nitrogens is 2. The lowest BCUT2D eigenvalue weighted by atomic mass is 9.84. The summed E-state index contributed by atoms with van der Waals surface area (Å²) >= 11 is 0. The molecule has 1 atom stereocenters. The van der Waals surface area contributed by atoms with Gasteiger partial charge in [-0.05, 0) is 68.0 Å². The number of fused-ring (bicyclic) bond motifs is 1. The van der Waals surface area contributed by atoms with Crippen molar-refractivity contribution in [2.45, 2.75) is 46.1 Å². The predicted octanol–water partition coefficient (Wildman–Crippen LogP) is 5.08. The SMILES string of the molecule is Cc1ccc(NC(=O)c2cnn3c2NC2=C(C(=O)CCC2)[C@@H]3c2ccccc2C)cc1C. The van der Waals surface area contributed by atoms with E-state index in [9.17, 15) is 9.59 Å². The molecule has 2 aromatic carbocycles. The lowest BCUT2D eigenvalue weighted by Crippen LogP contribution is -2.32. The molecule has 0 saturated carbocycles. The zero-order valence-corrected chi connectivity index (χ0v) is 18.5. The molecule has 0 radical (unpaired) electrons. The highest BCUT2D eigenvalue weighted by atomic mass is 16.1. The van der Waals surface area contributed by atoms with Crippen LogP contribution in [0.1, 0.15) is 57.9 Å². The van der Waals surface area contributed by atoms with Gasteiger partial charge in [0.1, 0.15) is 17.4 Å². The number of carbonyl (C=O) groups excluding carboxylic acids is 2. The molecule has 5 rings (SSSR count). The van der Waals surface area contributed by atoms with E-state index in [1.807, 2.05) is 63.2 Å². The third-order valence-corrected chi connectivity index (χ3v) is 6.53. The molecule has 1 aromatic heterocycles. The monoisotopic (exact) mass is 426 g/mol. The number of ketones is 1. The largest absolute Gasteiger partial charge is 0.343 e. The third kappa shape index (κ3) is 3.32. The van der Waals surface area contributed by atoms with Crippen LogP contribution in [-0.4, -0.2) is 21.5 Å². The summed E-state index contributed by atoms with van der Waals surface area (Å²) < 4.78 is 1.79. The first kappa shape index (κ1) is 20.2. The van der Waals surface area contributed by atoms with E-state index >= 15 is 0 Å². The van der Waals surface area contributed by atoms with Gasteiger partial charge in [0.2, 0.25) is 0 Å². The van der Waals surface area contributed by atoms with Crippen molar-refractivity contribution < 1.29 is 9.59 Å². The van der Waals surface area contributed by atoms with E-state index in [1.165, 1.54) is 5.56 Å². The molecule has 0 fully saturated rings. The molecule has 1 aliphatic carbocycles. The number of Topliss-reactive ketones (excluding diaryl/α,β-unsaturated/α-hetero) is 1. The van der Waals surface area contributed by atoms with Crippen LogP contribution in [0, 0.1) is 20.8 Å². The Kier molecular flexibility index (Phi) is 4.93. The molecule has 32 heavy (non-hydrogen) atoms. The van der Waals surface area contributed by atoms with E-state index in [1.54, 1.807) is 10.9 Å². The van der Waals surface area contributed by atoms with Crippen LogP contribution in [0.4, 0.5) is 11.5 Å². The second-order valence-electron chi connectivity index (χ2n) is 8.66. The Bertz CT molecular complexity index is 1280. The Morgan fingerprint density at radius 1 is 1.06 bits per heavy atom. The van der Waals surface area contributed by atoms with Crippen molar-refractivity contribution in [1.82, 2.24) is 9.78 Å². The van der Waals surface area contributed by atoms with Gasteiger partial charge in [-0.15, -0.1) is 0 Å². The number of carbonyl (C=O) groups is 2. The topological polar surface area (TPSA) is 76.0 Å². The van der Waals surface area contributed by atoms with Crippen LogP contribution in [0.25, 0.3) is 0 Å². The molecule has 6 nitrogen and oxygen atoms in total. The Morgan fingerprint density at radius 3 is 2.66 bits per heavy atom. The smallest absolute Gasteiger partial charge is 0.261 e. The number of nitrogens with zero attached hydrogens (tertiary/aromatic N) is 2. The number of aryl methyl sites for hydroxylation is 3. The second kappa shape index (κ2) is 7.79. The van der Waals surface area contributed by atoms with E-state index in [2.05, 4.69) is 15.7 Å². The number of rotatable bonds is 3. The van der Waals surface area contributed by atoms with Crippen molar-refractivity contribution in [3.05, 3.63) is 87.7 Å². The summed E-state index contributed by atoms with van der Waals surface area (Å²) in [4.78, 5) is 26.1. The maximum absolute atomic E-state index is 13.2. The van der Waals surface area contributed by atoms with Gasteiger partial charge in [0.25, 0.3) is 5.91 Å². The van der Waals surface area contributed by atoms with Crippen molar-refractivity contribution in [2.75, 3.05) is 10.6 Å². The molecule has 0 saturated heterocycles. The van der Waals surface area contributed by atoms with Gasteiger partial charge in [0.05, 0.1) is 6.20 Å². The molecule has 1 amide bonds.